The van der Waals surface area contributed by atoms with E-state index in [2.05, 4.69) is 9.97 Å². The van der Waals surface area contributed by atoms with Crippen molar-refractivity contribution in [1.29, 1.82) is 0 Å². The molecule has 28 heavy (non-hydrogen) atoms. The Morgan fingerprint density at radius 2 is 2.14 bits per heavy atom. The Kier molecular flexibility index (Phi) is 4.16. The van der Waals surface area contributed by atoms with Gasteiger partial charge >= 0.3 is 0 Å². The second-order valence-electron chi connectivity index (χ2n) is 7.62. The number of hydrogen-bond donors (Lipinski definition) is 0. The molecule has 2 atom stereocenters. The molecule has 0 radical (unpaired) electrons. The molecule has 144 valence electrons. The van der Waals surface area contributed by atoms with Gasteiger partial charge in [-0.3, -0.25) is 9.59 Å². The maximum Gasteiger partial charge on any atom is 0.272 e. The van der Waals surface area contributed by atoms with Crippen LogP contribution in [0.4, 0.5) is 0 Å². The number of pyridine rings is 1. The Bertz CT molecular complexity index is 1040. The van der Waals surface area contributed by atoms with Crippen LogP contribution in [0.3, 0.4) is 0 Å². The monoisotopic (exact) mass is 395 g/mol. The molecule has 0 unspecified atom stereocenters. The Morgan fingerprint density at radius 3 is 2.96 bits per heavy atom. The third kappa shape index (κ3) is 2.88. The summed E-state index contributed by atoms with van der Waals surface area (Å²) in [6.45, 7) is 1.55. The molecule has 6 rings (SSSR count). The van der Waals surface area contributed by atoms with E-state index < -0.39 is 0 Å². The van der Waals surface area contributed by atoms with Gasteiger partial charge in [-0.1, -0.05) is 0 Å². The molecule has 0 aliphatic carbocycles. The maximum atomic E-state index is 13.2. The zero-order valence-electron chi connectivity index (χ0n) is 15.6. The summed E-state index contributed by atoms with van der Waals surface area (Å²) in [5.74, 6) is -0.0891. The fourth-order valence-electron chi connectivity index (χ4n) is 4.32. The highest BCUT2D eigenvalue weighted by atomic mass is 32.1. The molecule has 3 aromatic heterocycles. The zero-order chi connectivity index (χ0) is 19.3. The molecule has 0 spiro atoms. The van der Waals surface area contributed by atoms with Gasteiger partial charge in [-0.25, -0.2) is 9.97 Å². The van der Waals surface area contributed by atoms with Crippen molar-refractivity contribution in [3.8, 4) is 0 Å². The van der Waals surface area contributed by atoms with Crippen LogP contribution in [0.5, 0.6) is 0 Å². The Labute approximate surface area is 166 Å². The summed E-state index contributed by atoms with van der Waals surface area (Å²) in [5.41, 5.74) is 3.94. The minimum Gasteiger partial charge on any atom is -0.336 e. The van der Waals surface area contributed by atoms with E-state index in [1.54, 1.807) is 11.6 Å². The summed E-state index contributed by atoms with van der Waals surface area (Å²) in [5, 5.41) is 2.99. The van der Waals surface area contributed by atoms with Gasteiger partial charge in [0, 0.05) is 43.1 Å². The molecule has 0 N–H and O–H groups in total. The largest absolute Gasteiger partial charge is 0.336 e. The van der Waals surface area contributed by atoms with Gasteiger partial charge in [0.05, 0.1) is 23.7 Å². The van der Waals surface area contributed by atoms with E-state index >= 15 is 0 Å². The zero-order valence-corrected chi connectivity index (χ0v) is 16.4. The predicted octanol–water partition coefficient (Wildman–Crippen LogP) is 2.29. The Hall–Kier alpha value is -2.74. The van der Waals surface area contributed by atoms with E-state index in [1.165, 1.54) is 11.3 Å². The van der Waals surface area contributed by atoms with Crippen molar-refractivity contribution >= 4 is 34.2 Å². The van der Waals surface area contributed by atoms with E-state index in [0.717, 1.165) is 29.6 Å². The van der Waals surface area contributed by atoms with Gasteiger partial charge in [0.2, 0.25) is 5.91 Å². The van der Waals surface area contributed by atoms with Crippen LogP contribution >= 0.6 is 11.3 Å². The molecule has 3 aromatic rings. The molecular formula is C20H21N5O2S. The number of carbonyl (C=O) groups excluding carboxylic acids is 2. The summed E-state index contributed by atoms with van der Waals surface area (Å²) in [7, 11) is 1.92. The minimum atomic E-state index is -0.139. The average molecular weight is 395 g/mol. The summed E-state index contributed by atoms with van der Waals surface area (Å²) in [6.07, 6.45) is 3.70. The van der Waals surface area contributed by atoms with Crippen LogP contribution in [-0.2, 0) is 18.4 Å². The number of nitrogens with zero attached hydrogens (tertiary/aromatic N) is 5. The van der Waals surface area contributed by atoms with E-state index in [4.69, 9.17) is 0 Å². The third-order valence-corrected chi connectivity index (χ3v) is 6.47. The van der Waals surface area contributed by atoms with Crippen LogP contribution in [0.15, 0.2) is 35.3 Å². The average Bonchev–Trinajstić information content (AvgIpc) is 3.26. The van der Waals surface area contributed by atoms with E-state index in [0.29, 0.717) is 25.3 Å². The number of aryl methyl sites for hydroxylation is 1. The molecule has 3 saturated heterocycles. The topological polar surface area (TPSA) is 71.3 Å². The number of thiazole rings is 1. The third-order valence-electron chi connectivity index (χ3n) is 5.83. The lowest BCUT2D eigenvalue weighted by atomic mass is 9.94. The van der Waals surface area contributed by atoms with Crippen molar-refractivity contribution in [2.45, 2.75) is 25.4 Å². The fraction of sp³-hybridized carbons (Fsp3) is 0.400. The first-order chi connectivity index (χ1) is 13.6. The van der Waals surface area contributed by atoms with Gasteiger partial charge in [-0.05, 0) is 31.0 Å². The van der Waals surface area contributed by atoms with Crippen molar-refractivity contribution in [1.82, 2.24) is 24.3 Å². The summed E-state index contributed by atoms with van der Waals surface area (Å²) >= 11 is 1.54. The molecule has 8 heteroatoms. The summed E-state index contributed by atoms with van der Waals surface area (Å²) in [4.78, 5) is 38.8. The maximum absolute atomic E-state index is 13.2. The molecular weight excluding hydrogens is 374 g/mol. The molecule has 2 bridgehead atoms. The highest BCUT2D eigenvalue weighted by molar-refractivity contribution is 7.07. The lowest BCUT2D eigenvalue weighted by molar-refractivity contribution is -0.140. The number of hydrogen-bond acceptors (Lipinski definition) is 5. The first-order valence-electron chi connectivity index (χ1n) is 9.49. The van der Waals surface area contributed by atoms with Crippen LogP contribution in [0, 0.1) is 5.92 Å². The summed E-state index contributed by atoms with van der Waals surface area (Å²) < 4.78 is 1.91. The lowest BCUT2D eigenvalue weighted by Crippen LogP contribution is -2.47. The van der Waals surface area contributed by atoms with E-state index in [-0.39, 0.29) is 23.8 Å². The lowest BCUT2D eigenvalue weighted by Gasteiger charge is -2.35. The molecule has 3 fully saturated rings. The van der Waals surface area contributed by atoms with Crippen LogP contribution in [-0.4, -0.2) is 55.3 Å². The SMILES string of the molecule is Cn1ccc2ccc(C(=O)N3C[C@@H]4CC[C@H](C3)N(Cc3cscn3)C4=O)nc21. The van der Waals surface area contributed by atoms with Crippen molar-refractivity contribution < 1.29 is 9.59 Å². The van der Waals surface area contributed by atoms with Crippen LogP contribution in [0.25, 0.3) is 11.0 Å². The van der Waals surface area contributed by atoms with E-state index in [9.17, 15) is 9.59 Å². The predicted molar refractivity (Wildman–Crippen MR) is 106 cm³/mol. The fourth-order valence-corrected chi connectivity index (χ4v) is 4.87. The number of aromatic nitrogens is 3. The highest BCUT2D eigenvalue weighted by Gasteiger charge is 2.42. The standard InChI is InChI=1S/C20H21N5O2S/c1-23-7-6-13-3-5-17(22-18(13)23)20(27)24-8-14-2-4-16(10-24)25(19(14)26)9-15-11-28-12-21-15/h3,5-7,11-12,14,16H,2,4,8-10H2,1H3/t14-,16+/m0/s1. The number of rotatable bonds is 3. The normalized spacial score (nSPS) is 22.1. The van der Waals surface area contributed by atoms with Crippen molar-refractivity contribution in [2.75, 3.05) is 13.1 Å². The smallest absolute Gasteiger partial charge is 0.272 e. The van der Waals surface area contributed by atoms with Gasteiger partial charge < -0.3 is 14.4 Å². The van der Waals surface area contributed by atoms with Gasteiger partial charge in [0.15, 0.2) is 0 Å². The van der Waals surface area contributed by atoms with Crippen LogP contribution in [0.2, 0.25) is 0 Å². The van der Waals surface area contributed by atoms with Gasteiger partial charge in [-0.15, -0.1) is 11.3 Å². The Morgan fingerprint density at radius 1 is 1.25 bits per heavy atom. The quantitative estimate of drug-likeness (QED) is 0.682. The van der Waals surface area contributed by atoms with Gasteiger partial charge in [0.25, 0.3) is 5.91 Å². The number of amides is 2. The molecule has 0 saturated carbocycles. The van der Waals surface area contributed by atoms with Crippen LogP contribution < -0.4 is 0 Å². The van der Waals surface area contributed by atoms with Crippen molar-refractivity contribution in [2.24, 2.45) is 13.0 Å². The minimum absolute atomic E-state index is 0.0377. The van der Waals surface area contributed by atoms with Crippen molar-refractivity contribution in [3.63, 3.8) is 0 Å². The Balaban J connectivity index is 1.41. The second kappa shape index (κ2) is 6.70. The molecule has 3 aliphatic heterocycles. The number of fused-ring (bicyclic) bond motifs is 5. The number of carbonyl (C=O) groups is 2. The number of piperidine rings is 1. The first kappa shape index (κ1) is 17.4. The van der Waals surface area contributed by atoms with Crippen molar-refractivity contribution in [3.05, 3.63) is 46.7 Å². The van der Waals surface area contributed by atoms with Crippen LogP contribution in [0.1, 0.15) is 29.0 Å². The first-order valence-corrected chi connectivity index (χ1v) is 10.4. The molecule has 7 nitrogen and oxygen atoms in total. The molecule has 2 amide bonds. The molecule has 6 heterocycles. The van der Waals surface area contributed by atoms with Gasteiger partial charge in [-0.2, -0.15) is 0 Å². The van der Waals surface area contributed by atoms with E-state index in [1.807, 2.05) is 45.1 Å². The molecule has 3 aliphatic rings. The molecule has 0 aromatic carbocycles. The summed E-state index contributed by atoms with van der Waals surface area (Å²) in [6, 6.07) is 5.74. The highest BCUT2D eigenvalue weighted by Crippen LogP contribution is 2.31. The second-order valence-corrected chi connectivity index (χ2v) is 8.34. The van der Waals surface area contributed by atoms with Gasteiger partial charge in [0.1, 0.15) is 11.3 Å².